The molecule has 0 heterocycles. The number of azo groups is 1. The second-order valence-electron chi connectivity index (χ2n) is 5.82. The smallest absolute Gasteiger partial charge is 0.0724 e. The zero-order valence-electron chi connectivity index (χ0n) is 10.9. The maximum atomic E-state index is 5.95. The standard InChI is InChI=1S/C12H26N6/c13-9-3-1-7(5-11(9)15)17-18-8-2-4-10(14)12(16)6-8/h7-12H,1-6,13-16H2. The van der Waals surface area contributed by atoms with Gasteiger partial charge in [-0.3, -0.25) is 0 Å². The third-order valence-electron chi connectivity index (χ3n) is 4.25. The van der Waals surface area contributed by atoms with Crippen LogP contribution in [0.2, 0.25) is 0 Å². The van der Waals surface area contributed by atoms with Crippen LogP contribution in [0.3, 0.4) is 0 Å². The molecular formula is C12H26N6. The van der Waals surface area contributed by atoms with Crippen molar-refractivity contribution in [2.45, 2.75) is 74.8 Å². The van der Waals surface area contributed by atoms with Gasteiger partial charge in [-0.1, -0.05) is 0 Å². The zero-order chi connectivity index (χ0) is 13.1. The second kappa shape index (κ2) is 6.06. The van der Waals surface area contributed by atoms with E-state index in [0.717, 1.165) is 38.5 Å². The third-order valence-corrected chi connectivity index (χ3v) is 4.25. The highest BCUT2D eigenvalue weighted by molar-refractivity contribution is 4.90. The molecule has 0 saturated heterocycles. The van der Waals surface area contributed by atoms with Crippen LogP contribution in [0.15, 0.2) is 10.2 Å². The number of rotatable bonds is 2. The summed E-state index contributed by atoms with van der Waals surface area (Å²) in [6, 6.07) is 0.850. The monoisotopic (exact) mass is 254 g/mol. The summed E-state index contributed by atoms with van der Waals surface area (Å²) < 4.78 is 0. The topological polar surface area (TPSA) is 129 Å². The lowest BCUT2D eigenvalue weighted by Crippen LogP contribution is -2.47. The van der Waals surface area contributed by atoms with E-state index in [1.165, 1.54) is 0 Å². The number of hydrogen-bond donors (Lipinski definition) is 4. The summed E-state index contributed by atoms with van der Waals surface area (Å²) in [7, 11) is 0. The molecule has 104 valence electrons. The fraction of sp³-hybridized carbons (Fsp3) is 1.00. The molecule has 6 nitrogen and oxygen atoms in total. The van der Waals surface area contributed by atoms with Gasteiger partial charge in [0.25, 0.3) is 0 Å². The number of hydrogen-bond acceptors (Lipinski definition) is 6. The minimum Gasteiger partial charge on any atom is -0.326 e. The average Bonchev–Trinajstić information content (AvgIpc) is 2.35. The van der Waals surface area contributed by atoms with Gasteiger partial charge in [-0.05, 0) is 38.5 Å². The molecule has 2 saturated carbocycles. The van der Waals surface area contributed by atoms with Crippen LogP contribution in [-0.4, -0.2) is 36.3 Å². The van der Waals surface area contributed by atoms with Gasteiger partial charge in [0, 0.05) is 24.2 Å². The van der Waals surface area contributed by atoms with E-state index in [-0.39, 0.29) is 36.3 Å². The lowest BCUT2D eigenvalue weighted by Gasteiger charge is -2.31. The van der Waals surface area contributed by atoms with Gasteiger partial charge in [-0.2, -0.15) is 10.2 Å². The quantitative estimate of drug-likeness (QED) is 0.511. The lowest BCUT2D eigenvalue weighted by molar-refractivity contribution is 0.315. The van der Waals surface area contributed by atoms with Crippen LogP contribution in [-0.2, 0) is 0 Å². The van der Waals surface area contributed by atoms with Gasteiger partial charge in [0.05, 0.1) is 12.1 Å². The van der Waals surface area contributed by atoms with E-state index >= 15 is 0 Å². The Bertz CT molecular complexity index is 266. The summed E-state index contributed by atoms with van der Waals surface area (Å²) in [6.45, 7) is 0. The highest BCUT2D eigenvalue weighted by atomic mass is 15.1. The molecule has 2 aliphatic carbocycles. The summed E-state index contributed by atoms with van der Waals surface area (Å²) in [6.07, 6.45) is 5.58. The SMILES string of the molecule is NC1CCC(N=NC2CCC(N)C(N)C2)CC1N. The molecule has 6 unspecified atom stereocenters. The first kappa shape index (κ1) is 13.9. The van der Waals surface area contributed by atoms with E-state index in [1.807, 2.05) is 0 Å². The number of nitrogens with zero attached hydrogens (tertiary/aromatic N) is 2. The first-order valence-electron chi connectivity index (χ1n) is 6.98. The molecule has 6 atom stereocenters. The fourth-order valence-corrected chi connectivity index (χ4v) is 2.81. The van der Waals surface area contributed by atoms with E-state index in [1.54, 1.807) is 0 Å². The molecule has 8 N–H and O–H groups in total. The van der Waals surface area contributed by atoms with Crippen molar-refractivity contribution in [3.63, 3.8) is 0 Å². The Hall–Kier alpha value is -0.560. The zero-order valence-corrected chi connectivity index (χ0v) is 10.9. The van der Waals surface area contributed by atoms with Crippen LogP contribution < -0.4 is 22.9 Å². The van der Waals surface area contributed by atoms with E-state index in [0.29, 0.717) is 0 Å². The molecule has 2 rings (SSSR count). The molecule has 0 bridgehead atoms. The normalized spacial score (nSPS) is 46.4. The van der Waals surface area contributed by atoms with Gasteiger partial charge in [0.15, 0.2) is 0 Å². The van der Waals surface area contributed by atoms with Crippen LogP contribution in [0, 0.1) is 0 Å². The Morgan fingerprint density at radius 2 is 0.944 bits per heavy atom. The van der Waals surface area contributed by atoms with Crippen molar-refractivity contribution in [2.75, 3.05) is 0 Å². The molecule has 0 radical (unpaired) electrons. The van der Waals surface area contributed by atoms with E-state index in [9.17, 15) is 0 Å². The van der Waals surface area contributed by atoms with Crippen molar-refractivity contribution in [1.82, 2.24) is 0 Å². The van der Waals surface area contributed by atoms with E-state index in [4.69, 9.17) is 22.9 Å². The largest absolute Gasteiger partial charge is 0.326 e. The van der Waals surface area contributed by atoms with Crippen molar-refractivity contribution in [3.8, 4) is 0 Å². The average molecular weight is 254 g/mol. The lowest BCUT2D eigenvalue weighted by atomic mass is 9.88. The van der Waals surface area contributed by atoms with Gasteiger partial charge >= 0.3 is 0 Å². The van der Waals surface area contributed by atoms with Crippen molar-refractivity contribution in [2.24, 2.45) is 33.2 Å². The molecule has 0 aromatic heterocycles. The first-order chi connectivity index (χ1) is 8.56. The molecule has 0 spiro atoms. The predicted octanol–water partition coefficient (Wildman–Crippen LogP) is -0.147. The second-order valence-corrected chi connectivity index (χ2v) is 5.82. The minimum atomic E-state index is 0.0599. The maximum Gasteiger partial charge on any atom is 0.0724 e. The molecule has 18 heavy (non-hydrogen) atoms. The summed E-state index contributed by atoms with van der Waals surface area (Å²) >= 11 is 0. The Morgan fingerprint density at radius 1 is 0.556 bits per heavy atom. The van der Waals surface area contributed by atoms with Crippen molar-refractivity contribution in [3.05, 3.63) is 0 Å². The highest BCUT2D eigenvalue weighted by Crippen LogP contribution is 2.23. The maximum absolute atomic E-state index is 5.95. The summed E-state index contributed by atoms with van der Waals surface area (Å²) in [4.78, 5) is 0. The van der Waals surface area contributed by atoms with Crippen LogP contribution in [0.4, 0.5) is 0 Å². The Labute approximate surface area is 109 Å². The molecule has 2 fully saturated rings. The van der Waals surface area contributed by atoms with Crippen LogP contribution in [0.5, 0.6) is 0 Å². The summed E-state index contributed by atoms with van der Waals surface area (Å²) in [5, 5.41) is 8.89. The summed E-state index contributed by atoms with van der Waals surface area (Å²) in [5.41, 5.74) is 23.7. The van der Waals surface area contributed by atoms with Crippen molar-refractivity contribution < 1.29 is 0 Å². The number of nitrogens with two attached hydrogens (primary N) is 4. The molecule has 0 aromatic carbocycles. The Balaban J connectivity index is 1.80. The molecular weight excluding hydrogens is 228 g/mol. The van der Waals surface area contributed by atoms with E-state index < -0.39 is 0 Å². The predicted molar refractivity (Wildman–Crippen MR) is 72.0 cm³/mol. The molecule has 0 aromatic rings. The molecule has 2 aliphatic rings. The first-order valence-corrected chi connectivity index (χ1v) is 6.98. The summed E-state index contributed by atoms with van der Waals surface area (Å²) in [5.74, 6) is 0. The third kappa shape index (κ3) is 3.47. The van der Waals surface area contributed by atoms with Crippen molar-refractivity contribution >= 4 is 0 Å². The van der Waals surface area contributed by atoms with Gasteiger partial charge in [0.2, 0.25) is 0 Å². The fourth-order valence-electron chi connectivity index (χ4n) is 2.81. The molecule has 0 aliphatic heterocycles. The van der Waals surface area contributed by atoms with Gasteiger partial charge in [-0.15, -0.1) is 0 Å². The van der Waals surface area contributed by atoms with Gasteiger partial charge < -0.3 is 22.9 Å². The van der Waals surface area contributed by atoms with Crippen LogP contribution >= 0.6 is 0 Å². The van der Waals surface area contributed by atoms with Crippen molar-refractivity contribution in [1.29, 1.82) is 0 Å². The minimum absolute atomic E-state index is 0.0599. The van der Waals surface area contributed by atoms with Gasteiger partial charge in [0.1, 0.15) is 0 Å². The highest BCUT2D eigenvalue weighted by Gasteiger charge is 2.27. The van der Waals surface area contributed by atoms with Crippen LogP contribution in [0.1, 0.15) is 38.5 Å². The molecule has 0 amide bonds. The Morgan fingerprint density at radius 3 is 1.28 bits per heavy atom. The Kier molecular flexibility index (Phi) is 4.66. The van der Waals surface area contributed by atoms with Crippen LogP contribution in [0.25, 0.3) is 0 Å². The molecule has 6 heteroatoms. The van der Waals surface area contributed by atoms with E-state index in [2.05, 4.69) is 10.2 Å². The van der Waals surface area contributed by atoms with Gasteiger partial charge in [-0.25, -0.2) is 0 Å².